The average Bonchev–Trinajstić information content (AvgIpc) is 2.41. The molecule has 0 heterocycles. The summed E-state index contributed by atoms with van der Waals surface area (Å²) in [5.41, 5.74) is -0.0929. The third kappa shape index (κ3) is 6.36. The van der Waals surface area contributed by atoms with Crippen molar-refractivity contribution in [3.63, 3.8) is 0 Å². The van der Waals surface area contributed by atoms with Gasteiger partial charge in [-0.15, -0.1) is 0 Å². The fourth-order valence-electron chi connectivity index (χ4n) is 2.18. The van der Waals surface area contributed by atoms with Crippen molar-refractivity contribution in [2.75, 3.05) is 6.54 Å². The average molecular weight is 324 g/mol. The maximum Gasteiger partial charge on any atom is 0.407 e. The van der Waals surface area contributed by atoms with E-state index >= 15 is 0 Å². The van der Waals surface area contributed by atoms with E-state index in [-0.39, 0.29) is 23.6 Å². The Morgan fingerprint density at radius 3 is 2.30 bits per heavy atom. The van der Waals surface area contributed by atoms with Crippen molar-refractivity contribution in [2.24, 2.45) is 0 Å². The lowest BCUT2D eigenvalue weighted by Gasteiger charge is -2.25. The van der Waals surface area contributed by atoms with Crippen LogP contribution in [0.1, 0.15) is 52.6 Å². The third-order valence-electron chi connectivity index (χ3n) is 3.38. The molecule has 1 aromatic rings. The summed E-state index contributed by atoms with van der Waals surface area (Å²) < 4.78 is 5.24. The lowest BCUT2D eigenvalue weighted by molar-refractivity contribution is 0.0502. The summed E-state index contributed by atoms with van der Waals surface area (Å²) in [6.07, 6.45) is 0.273. The third-order valence-corrected chi connectivity index (χ3v) is 3.38. The number of ether oxygens (including phenoxy) is 1. The lowest BCUT2D eigenvalue weighted by Crippen LogP contribution is -2.44. The van der Waals surface area contributed by atoms with Crippen LogP contribution in [0.25, 0.3) is 0 Å². The number of phenolic OH excluding ortho intramolecular Hbond substituents is 2. The van der Waals surface area contributed by atoms with Crippen LogP contribution in [0.5, 0.6) is 11.5 Å². The molecule has 0 aliphatic carbocycles. The number of benzene rings is 1. The van der Waals surface area contributed by atoms with Gasteiger partial charge < -0.3 is 25.6 Å². The van der Waals surface area contributed by atoms with Gasteiger partial charge in [0.15, 0.2) is 0 Å². The number of alkyl carbamates (subject to hydrolysis) is 1. The molecule has 0 spiro atoms. The minimum absolute atomic E-state index is 0.0400. The van der Waals surface area contributed by atoms with Crippen LogP contribution in [0.3, 0.4) is 0 Å². The molecule has 23 heavy (non-hydrogen) atoms. The van der Waals surface area contributed by atoms with Crippen molar-refractivity contribution < 1.29 is 19.7 Å². The smallest absolute Gasteiger partial charge is 0.407 e. The van der Waals surface area contributed by atoms with Crippen LogP contribution in [0.15, 0.2) is 18.2 Å². The van der Waals surface area contributed by atoms with Crippen LogP contribution in [-0.4, -0.2) is 34.5 Å². The van der Waals surface area contributed by atoms with Crippen molar-refractivity contribution in [2.45, 2.75) is 58.7 Å². The number of nitrogens with one attached hydrogen (secondary N) is 2. The second-order valence-corrected chi connectivity index (χ2v) is 6.59. The number of hydrogen-bond donors (Lipinski definition) is 4. The first-order valence-electron chi connectivity index (χ1n) is 7.87. The van der Waals surface area contributed by atoms with Crippen molar-refractivity contribution in [3.05, 3.63) is 23.8 Å². The number of carbonyl (C=O) groups is 1. The molecule has 2 unspecified atom stereocenters. The Kier molecular flexibility index (Phi) is 6.69. The minimum Gasteiger partial charge on any atom is -0.507 e. The van der Waals surface area contributed by atoms with E-state index in [9.17, 15) is 15.0 Å². The number of hydrogen-bond acceptors (Lipinski definition) is 5. The molecule has 2 atom stereocenters. The van der Waals surface area contributed by atoms with Gasteiger partial charge in [-0.2, -0.15) is 0 Å². The fraction of sp³-hybridized carbons (Fsp3) is 0.588. The topological polar surface area (TPSA) is 90.8 Å². The summed E-state index contributed by atoms with van der Waals surface area (Å²) in [5, 5.41) is 25.8. The Labute approximate surface area is 137 Å². The predicted octanol–water partition coefficient (Wildman–Crippen LogP) is 3.05. The molecular weight excluding hydrogens is 296 g/mol. The SMILES string of the molecule is CCC(CNC(C)c1c(O)cccc1O)NC(=O)OC(C)(C)C. The number of amides is 1. The monoisotopic (exact) mass is 324 g/mol. The molecule has 130 valence electrons. The van der Waals surface area contributed by atoms with Crippen molar-refractivity contribution >= 4 is 6.09 Å². The van der Waals surface area contributed by atoms with Crippen LogP contribution in [0, 0.1) is 0 Å². The molecular formula is C17H28N2O4. The molecule has 0 saturated carbocycles. The summed E-state index contributed by atoms with van der Waals surface area (Å²) in [5.74, 6) is 0.0799. The van der Waals surface area contributed by atoms with E-state index in [0.717, 1.165) is 6.42 Å². The van der Waals surface area contributed by atoms with E-state index in [4.69, 9.17) is 4.74 Å². The van der Waals surface area contributed by atoms with E-state index in [1.807, 2.05) is 34.6 Å². The van der Waals surface area contributed by atoms with Crippen LogP contribution < -0.4 is 10.6 Å². The minimum atomic E-state index is -0.537. The standard InChI is InChI=1S/C17H28N2O4/c1-6-12(19-16(22)23-17(3,4)5)10-18-11(2)15-13(20)8-7-9-14(15)21/h7-9,11-12,18,20-21H,6,10H2,1-5H3,(H,19,22). The Bertz CT molecular complexity index is 506. The predicted molar refractivity (Wildman–Crippen MR) is 89.6 cm³/mol. The summed E-state index contributed by atoms with van der Waals surface area (Å²) in [4.78, 5) is 11.8. The first kappa shape index (κ1) is 19.1. The van der Waals surface area contributed by atoms with E-state index in [1.54, 1.807) is 6.07 Å². The van der Waals surface area contributed by atoms with E-state index < -0.39 is 11.7 Å². The maximum absolute atomic E-state index is 11.8. The first-order valence-corrected chi connectivity index (χ1v) is 7.87. The summed E-state index contributed by atoms with van der Waals surface area (Å²) in [7, 11) is 0. The van der Waals surface area contributed by atoms with E-state index in [1.165, 1.54) is 12.1 Å². The highest BCUT2D eigenvalue weighted by atomic mass is 16.6. The normalized spacial score (nSPS) is 14.1. The number of carbonyl (C=O) groups excluding carboxylic acids is 1. The fourth-order valence-corrected chi connectivity index (χ4v) is 2.18. The van der Waals surface area contributed by atoms with Gasteiger partial charge in [-0.25, -0.2) is 4.79 Å². The van der Waals surface area contributed by atoms with E-state index in [0.29, 0.717) is 12.1 Å². The van der Waals surface area contributed by atoms with Crippen molar-refractivity contribution in [3.8, 4) is 11.5 Å². The molecule has 0 aromatic heterocycles. The molecule has 4 N–H and O–H groups in total. The molecule has 1 amide bonds. The number of aromatic hydroxyl groups is 2. The molecule has 6 heteroatoms. The van der Waals surface area contributed by atoms with Gasteiger partial charge in [-0.3, -0.25) is 0 Å². The van der Waals surface area contributed by atoms with Crippen LogP contribution in [-0.2, 0) is 4.74 Å². The highest BCUT2D eigenvalue weighted by Gasteiger charge is 2.20. The lowest BCUT2D eigenvalue weighted by atomic mass is 10.1. The summed E-state index contributed by atoms with van der Waals surface area (Å²) in [6, 6.07) is 4.28. The van der Waals surface area contributed by atoms with Gasteiger partial charge in [0.1, 0.15) is 17.1 Å². The summed E-state index contributed by atoms with van der Waals surface area (Å²) in [6.45, 7) is 9.74. The first-order chi connectivity index (χ1) is 10.6. The maximum atomic E-state index is 11.8. The number of phenols is 2. The quantitative estimate of drug-likeness (QED) is 0.645. The molecule has 1 aromatic carbocycles. The zero-order valence-corrected chi connectivity index (χ0v) is 14.5. The molecule has 1 rings (SSSR count). The highest BCUT2D eigenvalue weighted by molar-refractivity contribution is 5.68. The van der Waals surface area contributed by atoms with Gasteiger partial charge >= 0.3 is 6.09 Å². The zero-order chi connectivity index (χ0) is 17.6. The Morgan fingerprint density at radius 2 is 1.83 bits per heavy atom. The molecule has 0 fully saturated rings. The van der Waals surface area contributed by atoms with Crippen molar-refractivity contribution in [1.29, 1.82) is 0 Å². The van der Waals surface area contributed by atoms with Crippen LogP contribution in [0.2, 0.25) is 0 Å². The van der Waals surface area contributed by atoms with Gasteiger partial charge in [0.2, 0.25) is 0 Å². The molecule has 0 aliphatic heterocycles. The molecule has 0 aliphatic rings. The van der Waals surface area contributed by atoms with E-state index in [2.05, 4.69) is 10.6 Å². The van der Waals surface area contributed by atoms with Gasteiger partial charge in [0.25, 0.3) is 0 Å². The Hall–Kier alpha value is -1.95. The van der Waals surface area contributed by atoms with Crippen LogP contribution in [0.4, 0.5) is 4.79 Å². The molecule has 0 bridgehead atoms. The second-order valence-electron chi connectivity index (χ2n) is 6.59. The van der Waals surface area contributed by atoms with Crippen molar-refractivity contribution in [1.82, 2.24) is 10.6 Å². The molecule has 0 radical (unpaired) electrons. The Morgan fingerprint density at radius 1 is 1.26 bits per heavy atom. The molecule has 6 nitrogen and oxygen atoms in total. The summed E-state index contributed by atoms with van der Waals surface area (Å²) >= 11 is 0. The zero-order valence-electron chi connectivity index (χ0n) is 14.5. The molecule has 0 saturated heterocycles. The highest BCUT2D eigenvalue weighted by Crippen LogP contribution is 2.31. The van der Waals surface area contributed by atoms with Gasteiger partial charge in [-0.05, 0) is 46.2 Å². The van der Waals surface area contributed by atoms with Gasteiger partial charge in [-0.1, -0.05) is 13.0 Å². The Balaban J connectivity index is 2.59. The van der Waals surface area contributed by atoms with Gasteiger partial charge in [0, 0.05) is 18.6 Å². The largest absolute Gasteiger partial charge is 0.507 e. The second kappa shape index (κ2) is 8.06. The van der Waals surface area contributed by atoms with Crippen LogP contribution >= 0.6 is 0 Å². The van der Waals surface area contributed by atoms with Gasteiger partial charge in [0.05, 0.1) is 5.56 Å². The number of rotatable bonds is 6.